The summed E-state index contributed by atoms with van der Waals surface area (Å²) in [5, 5.41) is 11.7. The van der Waals surface area contributed by atoms with E-state index < -0.39 is 41.0 Å². The summed E-state index contributed by atoms with van der Waals surface area (Å²) >= 11 is 0. The second-order valence-corrected chi connectivity index (χ2v) is 10.2. The summed E-state index contributed by atoms with van der Waals surface area (Å²) in [6.07, 6.45) is 4.83. The standard InChI is InChI=1S/C24H31FO5/c1-13-9-18-16-11-20(25)19-10-15(27)5-7-22(19,3)17(16)6-8-23(18,4)24(13,29)21(28)12-30-14(2)26/h6,10,13,16,18,20,29H,5,7-9,11-12H2,1-4H3. The van der Waals surface area contributed by atoms with Crippen molar-refractivity contribution in [3.8, 4) is 0 Å². The molecule has 30 heavy (non-hydrogen) atoms. The molecule has 0 bridgehead atoms. The molecule has 2 saturated carbocycles. The number of Topliss-reactive ketones (excluding diaryl/α,β-unsaturated/α-hetero) is 1. The molecule has 7 unspecified atom stereocenters. The van der Waals surface area contributed by atoms with Crippen LogP contribution in [0.5, 0.6) is 0 Å². The van der Waals surface area contributed by atoms with Crippen molar-refractivity contribution in [2.75, 3.05) is 6.61 Å². The van der Waals surface area contributed by atoms with Gasteiger partial charge in [0, 0.05) is 24.2 Å². The average molecular weight is 419 g/mol. The van der Waals surface area contributed by atoms with Crippen LogP contribution in [-0.2, 0) is 19.1 Å². The third-order valence-corrected chi connectivity index (χ3v) is 8.73. The maximum atomic E-state index is 15.3. The number of ketones is 2. The van der Waals surface area contributed by atoms with Gasteiger partial charge in [0.15, 0.2) is 12.4 Å². The summed E-state index contributed by atoms with van der Waals surface area (Å²) in [5.74, 6) is -1.49. The third kappa shape index (κ3) is 2.72. The van der Waals surface area contributed by atoms with Gasteiger partial charge >= 0.3 is 5.97 Å². The molecule has 0 aromatic rings. The van der Waals surface area contributed by atoms with Crippen LogP contribution < -0.4 is 0 Å². The fourth-order valence-electron chi connectivity index (χ4n) is 7.08. The number of hydrogen-bond donors (Lipinski definition) is 1. The Kier molecular flexibility index (Phi) is 4.88. The molecule has 0 spiro atoms. The summed E-state index contributed by atoms with van der Waals surface area (Å²) in [4.78, 5) is 36.2. The van der Waals surface area contributed by atoms with Crippen molar-refractivity contribution in [2.24, 2.45) is 28.6 Å². The lowest BCUT2D eigenvalue weighted by molar-refractivity contribution is -0.167. The van der Waals surface area contributed by atoms with Gasteiger partial charge in [-0.15, -0.1) is 0 Å². The quantitative estimate of drug-likeness (QED) is 0.561. The molecule has 0 amide bonds. The molecule has 6 heteroatoms. The molecule has 1 N–H and O–H groups in total. The molecule has 164 valence electrons. The van der Waals surface area contributed by atoms with Crippen molar-refractivity contribution in [1.82, 2.24) is 0 Å². The first-order valence-electron chi connectivity index (χ1n) is 10.9. The summed E-state index contributed by atoms with van der Waals surface area (Å²) in [6.45, 7) is 6.61. The molecule has 4 aliphatic carbocycles. The van der Waals surface area contributed by atoms with Gasteiger partial charge in [0.2, 0.25) is 5.78 Å². The number of esters is 1. The number of aliphatic hydroxyl groups is 1. The second kappa shape index (κ2) is 6.84. The van der Waals surface area contributed by atoms with Crippen LogP contribution in [0.15, 0.2) is 23.3 Å². The van der Waals surface area contributed by atoms with E-state index in [0.717, 1.165) is 0 Å². The molecule has 7 atom stereocenters. The smallest absolute Gasteiger partial charge is 0.303 e. The van der Waals surface area contributed by atoms with E-state index >= 15 is 4.39 Å². The highest BCUT2D eigenvalue weighted by atomic mass is 19.1. The van der Waals surface area contributed by atoms with Crippen LogP contribution in [0.1, 0.15) is 59.8 Å². The molecule has 0 aromatic heterocycles. The molecular weight excluding hydrogens is 387 g/mol. The number of alkyl halides is 1. The Hall–Kier alpha value is -1.82. The number of carbonyl (C=O) groups is 3. The van der Waals surface area contributed by atoms with Crippen LogP contribution >= 0.6 is 0 Å². The molecule has 5 nitrogen and oxygen atoms in total. The highest BCUT2D eigenvalue weighted by Gasteiger charge is 2.68. The number of fused-ring (bicyclic) bond motifs is 5. The minimum Gasteiger partial charge on any atom is -0.458 e. The lowest BCUT2D eigenvalue weighted by Crippen LogP contribution is -2.58. The van der Waals surface area contributed by atoms with Gasteiger partial charge in [-0.1, -0.05) is 32.4 Å². The van der Waals surface area contributed by atoms with Gasteiger partial charge in [-0.3, -0.25) is 14.4 Å². The molecule has 4 rings (SSSR count). The highest BCUT2D eigenvalue weighted by molar-refractivity contribution is 5.92. The Morgan fingerprint density at radius 2 is 1.97 bits per heavy atom. The Labute approximate surface area is 176 Å². The van der Waals surface area contributed by atoms with Gasteiger partial charge in [-0.2, -0.15) is 0 Å². The summed E-state index contributed by atoms with van der Waals surface area (Å²) in [5.41, 5.74) is -1.08. The largest absolute Gasteiger partial charge is 0.458 e. The first-order valence-corrected chi connectivity index (χ1v) is 10.9. The van der Waals surface area contributed by atoms with Gasteiger partial charge in [0.05, 0.1) is 0 Å². The number of ether oxygens (including phenoxy) is 1. The number of carbonyl (C=O) groups excluding carboxylic acids is 3. The highest BCUT2D eigenvalue weighted by Crippen LogP contribution is 2.67. The minimum absolute atomic E-state index is 0.00949. The lowest BCUT2D eigenvalue weighted by atomic mass is 9.50. The molecule has 0 aromatic carbocycles. The average Bonchev–Trinajstić information content (AvgIpc) is 2.89. The van der Waals surface area contributed by atoms with Crippen LogP contribution in [0.4, 0.5) is 4.39 Å². The van der Waals surface area contributed by atoms with Crippen molar-refractivity contribution in [3.05, 3.63) is 23.3 Å². The van der Waals surface area contributed by atoms with Gasteiger partial charge in [0.25, 0.3) is 0 Å². The fourth-order valence-corrected chi connectivity index (χ4v) is 7.08. The van der Waals surface area contributed by atoms with Crippen LogP contribution in [0, 0.1) is 28.6 Å². The number of halogens is 1. The van der Waals surface area contributed by atoms with E-state index in [1.165, 1.54) is 18.6 Å². The second-order valence-electron chi connectivity index (χ2n) is 10.2. The maximum Gasteiger partial charge on any atom is 0.303 e. The van der Waals surface area contributed by atoms with Gasteiger partial charge in [0.1, 0.15) is 11.8 Å². The normalized spacial score (nSPS) is 44.9. The molecule has 0 aliphatic heterocycles. The predicted molar refractivity (Wildman–Crippen MR) is 108 cm³/mol. The summed E-state index contributed by atoms with van der Waals surface area (Å²) < 4.78 is 20.2. The van der Waals surface area contributed by atoms with Crippen molar-refractivity contribution in [3.63, 3.8) is 0 Å². The van der Waals surface area contributed by atoms with Crippen molar-refractivity contribution >= 4 is 17.5 Å². The Bertz CT molecular complexity index is 875. The zero-order chi connectivity index (χ0) is 22.1. The van der Waals surface area contributed by atoms with E-state index in [9.17, 15) is 19.5 Å². The van der Waals surface area contributed by atoms with E-state index in [4.69, 9.17) is 4.74 Å². The van der Waals surface area contributed by atoms with E-state index in [1.54, 1.807) is 0 Å². The zero-order valence-electron chi connectivity index (χ0n) is 18.2. The van der Waals surface area contributed by atoms with E-state index in [0.29, 0.717) is 31.3 Å². The Balaban J connectivity index is 1.73. The summed E-state index contributed by atoms with van der Waals surface area (Å²) in [7, 11) is 0. The predicted octanol–water partition coefficient (Wildman–Crippen LogP) is 3.50. The van der Waals surface area contributed by atoms with Crippen molar-refractivity contribution < 1.29 is 28.6 Å². The zero-order valence-corrected chi connectivity index (χ0v) is 18.2. The topological polar surface area (TPSA) is 80.7 Å². The van der Waals surface area contributed by atoms with Crippen LogP contribution in [0.3, 0.4) is 0 Å². The monoisotopic (exact) mass is 418 g/mol. The summed E-state index contributed by atoms with van der Waals surface area (Å²) in [6, 6.07) is 0. The molecule has 0 radical (unpaired) electrons. The fraction of sp³-hybridized carbons (Fsp3) is 0.708. The molecule has 2 fully saturated rings. The number of hydrogen-bond acceptors (Lipinski definition) is 5. The van der Waals surface area contributed by atoms with Crippen molar-refractivity contribution in [1.29, 1.82) is 0 Å². The van der Waals surface area contributed by atoms with Crippen molar-refractivity contribution in [2.45, 2.75) is 71.6 Å². The maximum absolute atomic E-state index is 15.3. The molecule has 0 saturated heterocycles. The minimum atomic E-state index is -1.62. The molecule has 0 heterocycles. The van der Waals surface area contributed by atoms with Crippen LogP contribution in [0.25, 0.3) is 0 Å². The van der Waals surface area contributed by atoms with E-state index in [1.807, 2.05) is 20.8 Å². The van der Waals surface area contributed by atoms with E-state index in [-0.39, 0.29) is 30.0 Å². The first kappa shape index (κ1) is 21.4. The first-order chi connectivity index (χ1) is 13.9. The molecular formula is C24H31FO5. The van der Waals surface area contributed by atoms with Crippen LogP contribution in [-0.4, -0.2) is 41.0 Å². The van der Waals surface area contributed by atoms with Gasteiger partial charge in [-0.25, -0.2) is 4.39 Å². The molecule has 4 aliphatic rings. The van der Waals surface area contributed by atoms with Crippen LogP contribution in [0.2, 0.25) is 0 Å². The van der Waals surface area contributed by atoms with E-state index in [2.05, 4.69) is 6.08 Å². The Morgan fingerprint density at radius 3 is 2.63 bits per heavy atom. The van der Waals surface area contributed by atoms with Gasteiger partial charge < -0.3 is 9.84 Å². The third-order valence-electron chi connectivity index (χ3n) is 8.73. The Morgan fingerprint density at radius 1 is 1.27 bits per heavy atom. The van der Waals surface area contributed by atoms with Gasteiger partial charge in [-0.05, 0) is 55.1 Å². The lowest BCUT2D eigenvalue weighted by Gasteiger charge is -2.55. The number of rotatable bonds is 3. The SMILES string of the molecule is CC(=O)OCC(=O)C1(O)C(C)CC2C3CC(F)C4=CC(=O)CCC4(C)C3=CCC21C. The number of allylic oxidation sites excluding steroid dienone is 4.